The number of likely N-dealkylation sites (tertiary alicyclic amines) is 1. The Hall–Kier alpha value is -1.75. The molecule has 2 unspecified atom stereocenters. The van der Waals surface area contributed by atoms with Crippen LogP contribution in [0.25, 0.3) is 0 Å². The minimum absolute atomic E-state index is 0.0180. The summed E-state index contributed by atoms with van der Waals surface area (Å²) in [5.41, 5.74) is 0.830. The van der Waals surface area contributed by atoms with Crippen molar-refractivity contribution < 1.29 is 19.4 Å². The SMILES string of the molecule is COc1ccc(CC(=O)N2CCC(C)C(O)C2)c(OC)c1. The van der Waals surface area contributed by atoms with Crippen molar-refractivity contribution in [1.29, 1.82) is 0 Å². The van der Waals surface area contributed by atoms with Crippen LogP contribution < -0.4 is 9.47 Å². The van der Waals surface area contributed by atoms with E-state index >= 15 is 0 Å². The number of carbonyl (C=O) groups is 1. The first-order valence-electron chi connectivity index (χ1n) is 7.22. The third-order valence-corrected chi connectivity index (χ3v) is 4.11. The third-order valence-electron chi connectivity index (χ3n) is 4.11. The van der Waals surface area contributed by atoms with Gasteiger partial charge in [-0.2, -0.15) is 0 Å². The molecule has 1 fully saturated rings. The molecule has 1 heterocycles. The number of piperidine rings is 1. The van der Waals surface area contributed by atoms with Crippen molar-refractivity contribution in [3.8, 4) is 11.5 Å². The number of hydrogen-bond donors (Lipinski definition) is 1. The quantitative estimate of drug-likeness (QED) is 0.913. The van der Waals surface area contributed by atoms with E-state index < -0.39 is 6.10 Å². The second-order valence-corrected chi connectivity index (χ2v) is 5.53. The summed E-state index contributed by atoms with van der Waals surface area (Å²) < 4.78 is 10.5. The summed E-state index contributed by atoms with van der Waals surface area (Å²) in [5, 5.41) is 9.90. The second-order valence-electron chi connectivity index (χ2n) is 5.53. The van der Waals surface area contributed by atoms with E-state index in [0.29, 0.717) is 24.6 Å². The van der Waals surface area contributed by atoms with Gasteiger partial charge in [0.2, 0.25) is 5.91 Å². The smallest absolute Gasteiger partial charge is 0.227 e. The number of aliphatic hydroxyl groups is 1. The molecule has 1 amide bonds. The number of nitrogens with zero attached hydrogens (tertiary/aromatic N) is 1. The van der Waals surface area contributed by atoms with Crippen LogP contribution in [0.2, 0.25) is 0 Å². The lowest BCUT2D eigenvalue weighted by atomic mass is 9.95. The Labute approximate surface area is 125 Å². The van der Waals surface area contributed by atoms with Gasteiger partial charge in [0.15, 0.2) is 0 Å². The van der Waals surface area contributed by atoms with Crippen LogP contribution in [-0.4, -0.2) is 49.3 Å². The van der Waals surface area contributed by atoms with Crippen LogP contribution in [0.4, 0.5) is 0 Å². The number of aliphatic hydroxyl groups excluding tert-OH is 1. The fourth-order valence-corrected chi connectivity index (χ4v) is 2.55. The molecule has 1 aliphatic rings. The van der Waals surface area contributed by atoms with Gasteiger partial charge in [-0.25, -0.2) is 0 Å². The first kappa shape index (κ1) is 15.6. The van der Waals surface area contributed by atoms with Gasteiger partial charge in [-0.15, -0.1) is 0 Å². The molecule has 116 valence electrons. The predicted octanol–water partition coefficient (Wildman–Crippen LogP) is 1.48. The van der Waals surface area contributed by atoms with Gasteiger partial charge in [0.25, 0.3) is 0 Å². The van der Waals surface area contributed by atoms with Gasteiger partial charge in [0.1, 0.15) is 11.5 Å². The molecule has 1 aliphatic heterocycles. The third kappa shape index (κ3) is 3.67. The van der Waals surface area contributed by atoms with Gasteiger partial charge in [-0.05, 0) is 18.4 Å². The van der Waals surface area contributed by atoms with E-state index in [1.54, 1.807) is 25.2 Å². The average molecular weight is 293 g/mol. The molecule has 21 heavy (non-hydrogen) atoms. The molecular weight excluding hydrogens is 270 g/mol. The summed E-state index contributed by atoms with van der Waals surface area (Å²) in [5.74, 6) is 1.62. The highest BCUT2D eigenvalue weighted by atomic mass is 16.5. The van der Waals surface area contributed by atoms with E-state index in [1.807, 2.05) is 19.1 Å². The number of ether oxygens (including phenoxy) is 2. The summed E-state index contributed by atoms with van der Waals surface area (Å²) in [7, 11) is 3.17. The van der Waals surface area contributed by atoms with Crippen molar-refractivity contribution in [1.82, 2.24) is 4.90 Å². The lowest BCUT2D eigenvalue weighted by Crippen LogP contribution is -2.46. The fraction of sp³-hybridized carbons (Fsp3) is 0.562. The Morgan fingerprint density at radius 3 is 2.76 bits per heavy atom. The Kier molecular flexibility index (Phi) is 5.07. The molecule has 0 radical (unpaired) electrons. The van der Waals surface area contributed by atoms with E-state index in [-0.39, 0.29) is 18.2 Å². The van der Waals surface area contributed by atoms with Crippen LogP contribution >= 0.6 is 0 Å². The molecule has 0 bridgehead atoms. The number of methoxy groups -OCH3 is 2. The number of benzene rings is 1. The molecule has 0 aliphatic carbocycles. The van der Waals surface area contributed by atoms with Gasteiger partial charge in [0, 0.05) is 24.7 Å². The maximum Gasteiger partial charge on any atom is 0.227 e. The predicted molar refractivity (Wildman–Crippen MR) is 79.6 cm³/mol. The highest BCUT2D eigenvalue weighted by Gasteiger charge is 2.27. The number of amides is 1. The summed E-state index contributed by atoms with van der Waals surface area (Å²) >= 11 is 0. The monoisotopic (exact) mass is 293 g/mol. The second kappa shape index (κ2) is 6.80. The standard InChI is InChI=1S/C16H23NO4/c1-11-6-7-17(10-14(11)18)16(19)8-12-4-5-13(20-2)9-15(12)21-3/h4-5,9,11,14,18H,6-8,10H2,1-3H3. The summed E-state index contributed by atoms with van der Waals surface area (Å²) in [6.07, 6.45) is 0.682. The Morgan fingerprint density at radius 1 is 1.38 bits per heavy atom. The van der Waals surface area contributed by atoms with Crippen molar-refractivity contribution in [2.45, 2.75) is 25.9 Å². The van der Waals surface area contributed by atoms with Crippen molar-refractivity contribution in [2.75, 3.05) is 27.3 Å². The van der Waals surface area contributed by atoms with Crippen LogP contribution in [0.15, 0.2) is 18.2 Å². The van der Waals surface area contributed by atoms with Crippen LogP contribution in [0.1, 0.15) is 18.9 Å². The summed E-state index contributed by atoms with van der Waals surface area (Å²) in [6.45, 7) is 3.13. The minimum atomic E-state index is -0.430. The van der Waals surface area contributed by atoms with Crippen molar-refractivity contribution in [3.05, 3.63) is 23.8 Å². The molecule has 2 atom stereocenters. The Bertz CT molecular complexity index is 503. The fourth-order valence-electron chi connectivity index (χ4n) is 2.55. The van der Waals surface area contributed by atoms with Crippen molar-refractivity contribution in [2.24, 2.45) is 5.92 Å². The molecular formula is C16H23NO4. The number of carbonyl (C=O) groups excluding carboxylic acids is 1. The summed E-state index contributed by atoms with van der Waals surface area (Å²) in [6, 6.07) is 5.44. The molecule has 5 heteroatoms. The molecule has 0 spiro atoms. The number of rotatable bonds is 4. The first-order chi connectivity index (χ1) is 10.0. The van der Waals surface area contributed by atoms with E-state index in [1.165, 1.54) is 0 Å². The van der Waals surface area contributed by atoms with Gasteiger partial charge < -0.3 is 19.5 Å². The molecule has 1 aromatic rings. The lowest BCUT2D eigenvalue weighted by Gasteiger charge is -2.34. The van der Waals surface area contributed by atoms with Crippen LogP contribution in [-0.2, 0) is 11.2 Å². The highest BCUT2D eigenvalue weighted by Crippen LogP contribution is 2.26. The topological polar surface area (TPSA) is 59.0 Å². The Morgan fingerprint density at radius 2 is 2.14 bits per heavy atom. The number of hydrogen-bond acceptors (Lipinski definition) is 4. The zero-order chi connectivity index (χ0) is 15.4. The van der Waals surface area contributed by atoms with Crippen LogP contribution in [0.5, 0.6) is 11.5 Å². The molecule has 1 aromatic carbocycles. The first-order valence-corrected chi connectivity index (χ1v) is 7.22. The van der Waals surface area contributed by atoms with E-state index in [9.17, 15) is 9.90 Å². The van der Waals surface area contributed by atoms with Gasteiger partial charge in [-0.3, -0.25) is 4.79 Å². The largest absolute Gasteiger partial charge is 0.497 e. The van der Waals surface area contributed by atoms with E-state index in [0.717, 1.165) is 12.0 Å². The molecule has 2 rings (SSSR count). The highest BCUT2D eigenvalue weighted by molar-refractivity contribution is 5.79. The maximum absolute atomic E-state index is 12.4. The zero-order valence-electron chi connectivity index (χ0n) is 12.8. The van der Waals surface area contributed by atoms with Crippen molar-refractivity contribution in [3.63, 3.8) is 0 Å². The number of β-amino-alcohol motifs (C(OH)–C–C–N with tert-alkyl or cyclic N) is 1. The van der Waals surface area contributed by atoms with Crippen LogP contribution in [0, 0.1) is 5.92 Å². The molecule has 0 saturated carbocycles. The summed E-state index contributed by atoms with van der Waals surface area (Å²) in [4.78, 5) is 14.1. The van der Waals surface area contributed by atoms with Gasteiger partial charge in [0.05, 0.1) is 26.7 Å². The minimum Gasteiger partial charge on any atom is -0.497 e. The molecule has 1 saturated heterocycles. The average Bonchev–Trinajstić information content (AvgIpc) is 2.50. The van der Waals surface area contributed by atoms with Gasteiger partial charge in [-0.1, -0.05) is 13.0 Å². The van der Waals surface area contributed by atoms with E-state index in [2.05, 4.69) is 0 Å². The zero-order valence-corrected chi connectivity index (χ0v) is 12.8. The van der Waals surface area contributed by atoms with Crippen molar-refractivity contribution >= 4 is 5.91 Å². The van der Waals surface area contributed by atoms with E-state index in [4.69, 9.17) is 9.47 Å². The van der Waals surface area contributed by atoms with Gasteiger partial charge >= 0.3 is 0 Å². The molecule has 1 N–H and O–H groups in total. The molecule has 0 aromatic heterocycles. The Balaban J connectivity index is 2.06. The normalized spacial score (nSPS) is 22.0. The van der Waals surface area contributed by atoms with Crippen LogP contribution in [0.3, 0.4) is 0 Å². The lowest BCUT2D eigenvalue weighted by molar-refractivity contribution is -0.134. The molecule has 5 nitrogen and oxygen atoms in total. The maximum atomic E-state index is 12.4.